The second-order valence-corrected chi connectivity index (χ2v) is 4.52. The molecular formula is C11H17N3O. The summed E-state index contributed by atoms with van der Waals surface area (Å²) in [7, 11) is 0. The van der Waals surface area contributed by atoms with Crippen LogP contribution in [0.3, 0.4) is 0 Å². The van der Waals surface area contributed by atoms with Crippen LogP contribution in [0.15, 0.2) is 18.7 Å². The van der Waals surface area contributed by atoms with Crippen LogP contribution in [0.25, 0.3) is 0 Å². The van der Waals surface area contributed by atoms with Gasteiger partial charge in [0.1, 0.15) is 0 Å². The quantitative estimate of drug-likeness (QED) is 0.802. The van der Waals surface area contributed by atoms with E-state index in [1.165, 1.54) is 19.3 Å². The number of aromatic nitrogens is 2. The van der Waals surface area contributed by atoms with Gasteiger partial charge in [0.05, 0.1) is 25.6 Å². The summed E-state index contributed by atoms with van der Waals surface area (Å²) in [4.78, 5) is 4.12. The minimum Gasteiger partial charge on any atom is -0.378 e. The molecule has 1 aliphatic heterocycles. The molecule has 2 aliphatic rings. The van der Waals surface area contributed by atoms with Gasteiger partial charge < -0.3 is 14.6 Å². The maximum atomic E-state index is 5.19. The molecule has 1 saturated carbocycles. The van der Waals surface area contributed by atoms with Crippen molar-refractivity contribution in [2.24, 2.45) is 0 Å². The second kappa shape index (κ2) is 3.94. The monoisotopic (exact) mass is 207 g/mol. The molecule has 4 nitrogen and oxygen atoms in total. The predicted octanol–water partition coefficient (Wildman–Crippen LogP) is 0.965. The van der Waals surface area contributed by atoms with E-state index in [4.69, 9.17) is 4.74 Å². The van der Waals surface area contributed by atoms with Crippen molar-refractivity contribution in [2.75, 3.05) is 13.2 Å². The van der Waals surface area contributed by atoms with Gasteiger partial charge in [-0.25, -0.2) is 4.98 Å². The predicted molar refractivity (Wildman–Crippen MR) is 56.6 cm³/mol. The van der Waals surface area contributed by atoms with Crippen molar-refractivity contribution in [2.45, 2.75) is 37.4 Å². The largest absolute Gasteiger partial charge is 0.378 e. The van der Waals surface area contributed by atoms with Gasteiger partial charge in [-0.2, -0.15) is 0 Å². The number of imidazole rings is 1. The van der Waals surface area contributed by atoms with Crippen molar-refractivity contribution in [3.63, 3.8) is 0 Å². The summed E-state index contributed by atoms with van der Waals surface area (Å²) in [5, 5.41) is 3.68. The summed E-state index contributed by atoms with van der Waals surface area (Å²) in [6.07, 6.45) is 9.72. The summed E-state index contributed by atoms with van der Waals surface area (Å²) in [5.74, 6) is 0. The van der Waals surface area contributed by atoms with E-state index < -0.39 is 0 Å². The zero-order valence-electron chi connectivity index (χ0n) is 8.80. The lowest BCUT2D eigenvalue weighted by molar-refractivity contribution is -0.0116. The Labute approximate surface area is 89.6 Å². The smallest absolute Gasteiger partial charge is 0.0949 e. The summed E-state index contributed by atoms with van der Waals surface area (Å²) >= 11 is 0. The molecule has 4 heteroatoms. The highest BCUT2D eigenvalue weighted by Gasteiger charge is 2.31. The Kier molecular flexibility index (Phi) is 2.46. The molecule has 1 aromatic heterocycles. The van der Waals surface area contributed by atoms with Gasteiger partial charge in [0.25, 0.3) is 0 Å². The van der Waals surface area contributed by atoms with Gasteiger partial charge in [-0.1, -0.05) is 0 Å². The van der Waals surface area contributed by atoms with Crippen LogP contribution < -0.4 is 5.32 Å². The van der Waals surface area contributed by atoms with Crippen molar-refractivity contribution in [1.82, 2.24) is 14.9 Å². The van der Waals surface area contributed by atoms with E-state index in [0.717, 1.165) is 13.2 Å². The lowest BCUT2D eigenvalue weighted by Gasteiger charge is -2.32. The number of nitrogens with one attached hydrogen (secondary N) is 1. The first-order chi connectivity index (χ1) is 7.43. The highest BCUT2D eigenvalue weighted by atomic mass is 16.5. The summed E-state index contributed by atoms with van der Waals surface area (Å²) < 4.78 is 7.43. The standard InChI is InChI=1S/C11H17N3O/c1-2-10(13-9-6-15-7-9)11(3-1)14-5-4-12-8-14/h4-5,8-11,13H,1-3,6-7H2. The first-order valence-electron chi connectivity index (χ1n) is 5.75. The van der Waals surface area contributed by atoms with Crippen molar-refractivity contribution in [3.8, 4) is 0 Å². The van der Waals surface area contributed by atoms with E-state index in [1.54, 1.807) is 0 Å². The Balaban J connectivity index is 1.66. The number of hydrogen-bond acceptors (Lipinski definition) is 3. The third-order valence-corrected chi connectivity index (χ3v) is 3.48. The van der Waals surface area contributed by atoms with Crippen LogP contribution in [0.1, 0.15) is 25.3 Å². The van der Waals surface area contributed by atoms with Crippen molar-refractivity contribution in [3.05, 3.63) is 18.7 Å². The van der Waals surface area contributed by atoms with E-state index >= 15 is 0 Å². The fourth-order valence-electron chi connectivity index (χ4n) is 2.59. The molecule has 15 heavy (non-hydrogen) atoms. The van der Waals surface area contributed by atoms with Gasteiger partial charge in [0.2, 0.25) is 0 Å². The number of rotatable bonds is 3. The minimum atomic E-state index is 0.583. The zero-order chi connectivity index (χ0) is 10.1. The lowest BCUT2D eigenvalue weighted by Crippen LogP contribution is -2.51. The fraction of sp³-hybridized carbons (Fsp3) is 0.727. The molecule has 0 spiro atoms. The van der Waals surface area contributed by atoms with Gasteiger partial charge >= 0.3 is 0 Å². The molecular weight excluding hydrogens is 190 g/mol. The second-order valence-electron chi connectivity index (χ2n) is 4.52. The molecule has 82 valence electrons. The highest BCUT2D eigenvalue weighted by molar-refractivity contribution is 4.93. The van der Waals surface area contributed by atoms with Crippen LogP contribution in [0.2, 0.25) is 0 Å². The Bertz CT molecular complexity index is 308. The molecule has 0 aromatic carbocycles. The van der Waals surface area contributed by atoms with Crippen LogP contribution in [-0.2, 0) is 4.74 Å². The Morgan fingerprint density at radius 1 is 1.33 bits per heavy atom. The van der Waals surface area contributed by atoms with E-state index in [1.807, 2.05) is 12.5 Å². The first-order valence-corrected chi connectivity index (χ1v) is 5.75. The average Bonchev–Trinajstić information content (AvgIpc) is 2.81. The normalized spacial score (nSPS) is 31.7. The Morgan fingerprint density at radius 2 is 2.27 bits per heavy atom. The molecule has 2 heterocycles. The van der Waals surface area contributed by atoms with Crippen molar-refractivity contribution in [1.29, 1.82) is 0 Å². The van der Waals surface area contributed by atoms with Crippen LogP contribution in [0.5, 0.6) is 0 Å². The summed E-state index contributed by atoms with van der Waals surface area (Å²) in [6, 6.07) is 1.78. The Hall–Kier alpha value is -0.870. The molecule has 1 aromatic rings. The first kappa shape index (κ1) is 9.36. The molecule has 2 atom stereocenters. The van der Waals surface area contributed by atoms with E-state index in [0.29, 0.717) is 18.1 Å². The molecule has 0 bridgehead atoms. The highest BCUT2D eigenvalue weighted by Crippen LogP contribution is 2.30. The minimum absolute atomic E-state index is 0.583. The van der Waals surface area contributed by atoms with E-state index in [-0.39, 0.29) is 0 Å². The average molecular weight is 207 g/mol. The number of hydrogen-bond donors (Lipinski definition) is 1. The van der Waals surface area contributed by atoms with Gasteiger partial charge in [0, 0.05) is 24.5 Å². The maximum Gasteiger partial charge on any atom is 0.0949 e. The number of ether oxygens (including phenoxy) is 1. The maximum absolute atomic E-state index is 5.19. The van der Waals surface area contributed by atoms with Crippen LogP contribution in [0.4, 0.5) is 0 Å². The van der Waals surface area contributed by atoms with Crippen LogP contribution in [0, 0.1) is 0 Å². The number of nitrogens with zero attached hydrogens (tertiary/aromatic N) is 2. The summed E-state index contributed by atoms with van der Waals surface area (Å²) in [6.45, 7) is 1.76. The fourth-order valence-corrected chi connectivity index (χ4v) is 2.59. The lowest BCUT2D eigenvalue weighted by atomic mass is 10.1. The van der Waals surface area contributed by atoms with Gasteiger partial charge in [0.15, 0.2) is 0 Å². The topological polar surface area (TPSA) is 39.1 Å². The third-order valence-electron chi connectivity index (χ3n) is 3.48. The van der Waals surface area contributed by atoms with Gasteiger partial charge in [-0.05, 0) is 19.3 Å². The molecule has 1 saturated heterocycles. The molecule has 0 radical (unpaired) electrons. The van der Waals surface area contributed by atoms with Crippen LogP contribution >= 0.6 is 0 Å². The Morgan fingerprint density at radius 3 is 2.93 bits per heavy atom. The van der Waals surface area contributed by atoms with Gasteiger partial charge in [-0.15, -0.1) is 0 Å². The summed E-state index contributed by atoms with van der Waals surface area (Å²) in [5.41, 5.74) is 0. The SMILES string of the molecule is c1cn(C2CCCC2NC2COC2)cn1. The van der Waals surface area contributed by atoms with E-state index in [9.17, 15) is 0 Å². The molecule has 1 N–H and O–H groups in total. The molecule has 3 rings (SSSR count). The molecule has 1 aliphatic carbocycles. The zero-order valence-corrected chi connectivity index (χ0v) is 8.80. The van der Waals surface area contributed by atoms with E-state index in [2.05, 4.69) is 21.1 Å². The molecule has 2 fully saturated rings. The molecule has 2 unspecified atom stereocenters. The van der Waals surface area contributed by atoms with Crippen LogP contribution in [-0.4, -0.2) is 34.8 Å². The van der Waals surface area contributed by atoms with Gasteiger partial charge in [-0.3, -0.25) is 0 Å². The van der Waals surface area contributed by atoms with Crippen molar-refractivity contribution >= 4 is 0 Å². The van der Waals surface area contributed by atoms with Crippen molar-refractivity contribution < 1.29 is 4.74 Å². The molecule has 0 amide bonds. The third kappa shape index (κ3) is 1.79.